The Hall–Kier alpha value is -3.96. The molecule has 0 unspecified atom stereocenters. The maximum Gasteiger partial charge on any atom is 0.0738 e. The number of halogens is 1. The second-order valence-electron chi connectivity index (χ2n) is 13.2. The third-order valence-corrected chi connectivity index (χ3v) is 10.7. The second-order valence-corrected chi connectivity index (χ2v) is 14.1. The summed E-state index contributed by atoms with van der Waals surface area (Å²) in [7, 11) is 0. The smallest absolute Gasteiger partial charge is 0.0738 e. The molecule has 5 heterocycles. The molecule has 4 nitrogen and oxygen atoms in total. The number of allylic oxidation sites excluding steroid dienone is 2. The Bertz CT molecular complexity index is 2230. The van der Waals surface area contributed by atoms with Gasteiger partial charge in [0.1, 0.15) is 0 Å². The molecule has 7 rings (SSSR count). The molecule has 0 spiro atoms. The number of aromatic nitrogens is 4. The normalized spacial score (nSPS) is 12.7. The van der Waals surface area contributed by atoms with Crippen LogP contribution in [0.1, 0.15) is 100 Å². The fraction of sp³-hybridized carbons (Fsp3) is 0.333. The number of H-pyrrole nitrogens is 2. The van der Waals surface area contributed by atoms with Crippen molar-refractivity contribution >= 4 is 59.9 Å². The Morgan fingerprint density at radius 2 is 1.17 bits per heavy atom. The van der Waals surface area contributed by atoms with Crippen molar-refractivity contribution in [1.29, 1.82) is 0 Å². The lowest BCUT2D eigenvalue weighted by Crippen LogP contribution is -1.87. The van der Waals surface area contributed by atoms with Gasteiger partial charge in [0.25, 0.3) is 0 Å². The monoisotopic (exact) mass is 684 g/mol. The minimum Gasteiger partial charge on any atom is -0.355 e. The van der Waals surface area contributed by atoms with E-state index in [1.54, 1.807) is 0 Å². The van der Waals surface area contributed by atoms with E-state index < -0.39 is 0 Å². The molecular weight excluding hydrogens is 640 g/mol. The van der Waals surface area contributed by atoms with Gasteiger partial charge in [-0.1, -0.05) is 62.5 Å². The third-order valence-electron chi connectivity index (χ3n) is 10.2. The number of nitrogens with zero attached hydrogens (tertiary/aromatic N) is 2. The van der Waals surface area contributed by atoms with Gasteiger partial charge in [0, 0.05) is 37.7 Å². The Morgan fingerprint density at radius 1 is 0.574 bits per heavy atom. The number of hydrogen-bond donors (Lipinski definition) is 2. The van der Waals surface area contributed by atoms with Gasteiger partial charge >= 0.3 is 0 Å². The lowest BCUT2D eigenvalue weighted by atomic mass is 9.97. The summed E-state index contributed by atoms with van der Waals surface area (Å²) in [5, 5.41) is 2.41. The summed E-state index contributed by atoms with van der Waals surface area (Å²) in [6, 6.07) is 20.3. The molecule has 5 heteroatoms. The fourth-order valence-electron chi connectivity index (χ4n) is 7.56. The molecule has 2 aromatic carbocycles. The van der Waals surface area contributed by atoms with Crippen LogP contribution in [-0.2, 0) is 19.3 Å². The van der Waals surface area contributed by atoms with E-state index in [4.69, 9.17) is 9.97 Å². The van der Waals surface area contributed by atoms with Crippen LogP contribution in [0, 0.1) is 6.92 Å². The maximum atomic E-state index is 5.35. The summed E-state index contributed by atoms with van der Waals surface area (Å²) in [5.74, 6) is 0. The summed E-state index contributed by atoms with van der Waals surface area (Å²) in [5.41, 5.74) is 19.2. The molecule has 8 bridgehead atoms. The number of benzene rings is 2. The van der Waals surface area contributed by atoms with Crippen LogP contribution >= 0.6 is 15.9 Å². The zero-order valence-corrected chi connectivity index (χ0v) is 30.2. The van der Waals surface area contributed by atoms with E-state index in [2.05, 4.69) is 122 Å². The van der Waals surface area contributed by atoms with Crippen LogP contribution in [0.5, 0.6) is 0 Å². The van der Waals surface area contributed by atoms with Gasteiger partial charge < -0.3 is 9.97 Å². The summed E-state index contributed by atoms with van der Waals surface area (Å²) < 4.78 is 1.08. The first-order valence-electron chi connectivity index (χ1n) is 17.5. The van der Waals surface area contributed by atoms with Gasteiger partial charge in [-0.05, 0) is 145 Å². The summed E-state index contributed by atoms with van der Waals surface area (Å²) in [6.45, 7) is 13.6. The largest absolute Gasteiger partial charge is 0.355 e. The predicted molar refractivity (Wildman–Crippen MR) is 205 cm³/mol. The molecule has 3 aromatic heterocycles. The van der Waals surface area contributed by atoms with Crippen LogP contribution in [-0.4, -0.2) is 19.9 Å². The number of aromatic amines is 2. The van der Waals surface area contributed by atoms with Gasteiger partial charge in [0.05, 0.1) is 22.8 Å². The Kier molecular flexibility index (Phi) is 8.69. The molecule has 0 saturated heterocycles. The molecule has 2 aliphatic rings. The molecule has 47 heavy (non-hydrogen) atoms. The van der Waals surface area contributed by atoms with Gasteiger partial charge in [0.2, 0.25) is 0 Å². The quantitative estimate of drug-likeness (QED) is 0.168. The predicted octanol–water partition coefficient (Wildman–Crippen LogP) is 12.5. The number of unbranched alkanes of at least 4 members (excludes halogenated alkanes) is 2. The van der Waals surface area contributed by atoms with Crippen molar-refractivity contribution in [2.75, 3.05) is 0 Å². The first-order valence-corrected chi connectivity index (χ1v) is 18.3. The molecule has 0 atom stereocenters. The van der Waals surface area contributed by atoms with E-state index in [9.17, 15) is 0 Å². The number of aryl methyl sites for hydroxylation is 4. The minimum atomic E-state index is 0.973. The summed E-state index contributed by atoms with van der Waals surface area (Å²) in [4.78, 5) is 18.4. The topological polar surface area (TPSA) is 57.4 Å². The Balaban J connectivity index is 1.63. The van der Waals surface area contributed by atoms with E-state index >= 15 is 0 Å². The third kappa shape index (κ3) is 5.67. The van der Waals surface area contributed by atoms with Gasteiger partial charge in [-0.25, -0.2) is 9.97 Å². The van der Waals surface area contributed by atoms with Crippen LogP contribution in [0.3, 0.4) is 0 Å². The molecule has 0 saturated carbocycles. The second kappa shape index (κ2) is 12.9. The maximum absolute atomic E-state index is 5.35. The van der Waals surface area contributed by atoms with Crippen LogP contribution in [0.15, 0.2) is 59.1 Å². The average Bonchev–Trinajstić information content (AvgIpc) is 3.75. The minimum absolute atomic E-state index is 0.973. The lowest BCUT2D eigenvalue weighted by Gasteiger charge is -2.05. The van der Waals surface area contributed by atoms with Gasteiger partial charge in [0.15, 0.2) is 0 Å². The molecular formula is C42H45BrN4. The van der Waals surface area contributed by atoms with Gasteiger partial charge in [-0.15, -0.1) is 0 Å². The number of hydrogen-bond acceptors (Lipinski definition) is 2. The summed E-state index contributed by atoms with van der Waals surface area (Å²) in [6.07, 6.45) is 8.65. The van der Waals surface area contributed by atoms with E-state index in [1.807, 2.05) is 0 Å². The van der Waals surface area contributed by atoms with Crippen LogP contribution in [0.2, 0.25) is 0 Å². The average molecular weight is 686 g/mol. The number of fused-ring (bicyclic) bond motifs is 12. The van der Waals surface area contributed by atoms with Crippen molar-refractivity contribution in [2.45, 2.75) is 92.9 Å². The van der Waals surface area contributed by atoms with Gasteiger partial charge in [-0.2, -0.15) is 0 Å². The van der Waals surface area contributed by atoms with Crippen molar-refractivity contribution in [2.24, 2.45) is 0 Å². The molecule has 0 amide bonds. The van der Waals surface area contributed by atoms with Crippen molar-refractivity contribution in [3.8, 4) is 22.5 Å². The fourth-order valence-corrected chi connectivity index (χ4v) is 7.94. The first-order chi connectivity index (χ1) is 22.8. The van der Waals surface area contributed by atoms with Crippen LogP contribution in [0.25, 0.3) is 66.5 Å². The van der Waals surface area contributed by atoms with Crippen molar-refractivity contribution < 1.29 is 0 Å². The summed E-state index contributed by atoms with van der Waals surface area (Å²) >= 11 is 3.69. The highest BCUT2D eigenvalue weighted by Gasteiger charge is 2.22. The zero-order chi connectivity index (χ0) is 32.8. The van der Waals surface area contributed by atoms with Crippen LogP contribution in [0.4, 0.5) is 0 Å². The van der Waals surface area contributed by atoms with E-state index in [0.29, 0.717) is 0 Å². The zero-order valence-electron chi connectivity index (χ0n) is 28.6. The molecule has 5 aromatic rings. The first kappa shape index (κ1) is 31.6. The van der Waals surface area contributed by atoms with E-state index in [1.165, 1.54) is 66.3 Å². The SMILES string of the molecule is CCCCC1=C(C)c2cc3nc(cc4[nH]c(cc5[nH]c(cc1n2)c(CC)c5CC)c(CCCC)c4C)-c1cc2ccc(Br)cc2cc1-3. The molecule has 0 fully saturated rings. The highest BCUT2D eigenvalue weighted by atomic mass is 79.9. The number of rotatable bonds is 8. The van der Waals surface area contributed by atoms with Crippen molar-refractivity contribution in [3.05, 3.63) is 92.7 Å². The standard InChI is InChI=1S/C42H45BrN4/c1-7-11-13-31-24(5)35-20-41-33-18-26-15-16-28(43)17-27(26)19-34(33)42(47-41)21-36-25(6)32(14-12-8-2)40(45-36)23-38-30(10-4)29(9-3)37(46-38)22-39(31)44-35/h15-23,44,46H,7-14H2,1-6H3. The van der Waals surface area contributed by atoms with Crippen molar-refractivity contribution in [3.63, 3.8) is 0 Å². The van der Waals surface area contributed by atoms with Crippen LogP contribution < -0.4 is 0 Å². The van der Waals surface area contributed by atoms with E-state index in [0.717, 1.165) is 89.7 Å². The van der Waals surface area contributed by atoms with Crippen molar-refractivity contribution in [1.82, 2.24) is 19.9 Å². The highest BCUT2D eigenvalue weighted by molar-refractivity contribution is 9.10. The molecule has 2 N–H and O–H groups in total. The molecule has 0 radical (unpaired) electrons. The van der Waals surface area contributed by atoms with Gasteiger partial charge in [-0.3, -0.25) is 0 Å². The lowest BCUT2D eigenvalue weighted by molar-refractivity contribution is 0.797. The molecule has 240 valence electrons. The Morgan fingerprint density at radius 3 is 1.89 bits per heavy atom. The Labute approximate surface area is 286 Å². The highest BCUT2D eigenvalue weighted by Crippen LogP contribution is 2.42. The molecule has 2 aliphatic heterocycles. The van der Waals surface area contributed by atoms with E-state index in [-0.39, 0.29) is 0 Å². The number of nitrogens with one attached hydrogen (secondary N) is 2. The molecule has 0 aliphatic carbocycles.